The third-order valence-corrected chi connectivity index (χ3v) is 3.08. The minimum Gasteiger partial charge on any atom is -0.327 e. The van der Waals surface area contributed by atoms with Gasteiger partial charge in [0.25, 0.3) is 0 Å². The number of nitrogens with zero attached hydrogens (tertiary/aromatic N) is 4. The number of nitrogens with two attached hydrogens (primary N) is 1. The van der Waals surface area contributed by atoms with Crippen LogP contribution in [0.1, 0.15) is 37.8 Å². The average molecular weight is 259 g/mol. The summed E-state index contributed by atoms with van der Waals surface area (Å²) in [5, 5.41) is 4.22. The van der Waals surface area contributed by atoms with Crippen LogP contribution in [0.5, 0.6) is 0 Å². The molecule has 2 aromatic rings. The van der Waals surface area contributed by atoms with Crippen molar-refractivity contribution in [3.05, 3.63) is 42.2 Å². The molecule has 0 saturated heterocycles. The van der Waals surface area contributed by atoms with Gasteiger partial charge in [-0.1, -0.05) is 6.07 Å². The van der Waals surface area contributed by atoms with Gasteiger partial charge in [0.2, 0.25) is 0 Å². The zero-order valence-corrected chi connectivity index (χ0v) is 11.5. The molecule has 2 heterocycles. The van der Waals surface area contributed by atoms with Gasteiger partial charge >= 0.3 is 0 Å². The van der Waals surface area contributed by atoms with Crippen LogP contribution >= 0.6 is 0 Å². The first kappa shape index (κ1) is 13.7. The molecule has 0 amide bonds. The molecule has 1 atom stereocenters. The monoisotopic (exact) mass is 259 g/mol. The summed E-state index contributed by atoms with van der Waals surface area (Å²) in [6.45, 7) is 4.19. The summed E-state index contributed by atoms with van der Waals surface area (Å²) in [7, 11) is 0. The Balaban J connectivity index is 1.87. The zero-order valence-electron chi connectivity index (χ0n) is 11.5. The summed E-state index contributed by atoms with van der Waals surface area (Å²) in [4.78, 5) is 8.59. The van der Waals surface area contributed by atoms with E-state index in [9.17, 15) is 0 Å². The summed E-state index contributed by atoms with van der Waals surface area (Å²) in [6.07, 6.45) is 5.97. The molecule has 0 aliphatic heterocycles. The summed E-state index contributed by atoms with van der Waals surface area (Å²) in [5.74, 6) is 0.962. The molecule has 0 bridgehead atoms. The highest BCUT2D eigenvalue weighted by Crippen LogP contribution is 2.09. The summed E-state index contributed by atoms with van der Waals surface area (Å²) in [5.41, 5.74) is 7.26. The number of hydrogen-bond acceptors (Lipinski definition) is 4. The topological polar surface area (TPSA) is 69.6 Å². The molecule has 19 heavy (non-hydrogen) atoms. The van der Waals surface area contributed by atoms with Crippen molar-refractivity contribution in [3.8, 4) is 0 Å². The molecule has 0 aliphatic rings. The van der Waals surface area contributed by atoms with E-state index in [1.807, 2.05) is 29.1 Å². The molecule has 2 aromatic heterocycles. The van der Waals surface area contributed by atoms with Crippen molar-refractivity contribution in [2.24, 2.45) is 5.73 Å². The standard InChI is InChI=1S/C14H21N5/c1-11(2)19-14(17-10-18-19)9-12(15)6-7-13-5-3-4-8-16-13/h3-5,8,10-12H,6-7,9,15H2,1-2H3. The predicted molar refractivity (Wildman–Crippen MR) is 74.6 cm³/mol. The number of hydrogen-bond donors (Lipinski definition) is 1. The maximum absolute atomic E-state index is 6.17. The van der Waals surface area contributed by atoms with Crippen LogP contribution in [0.25, 0.3) is 0 Å². The van der Waals surface area contributed by atoms with Crippen LogP contribution in [0.15, 0.2) is 30.7 Å². The quantitative estimate of drug-likeness (QED) is 0.858. The molecule has 0 fully saturated rings. The lowest BCUT2D eigenvalue weighted by Gasteiger charge is -2.13. The van der Waals surface area contributed by atoms with E-state index in [2.05, 4.69) is 28.9 Å². The smallest absolute Gasteiger partial charge is 0.138 e. The number of pyridine rings is 1. The molecule has 0 aliphatic carbocycles. The van der Waals surface area contributed by atoms with Crippen LogP contribution < -0.4 is 5.73 Å². The molecule has 0 saturated carbocycles. The van der Waals surface area contributed by atoms with Crippen molar-refractivity contribution >= 4 is 0 Å². The SMILES string of the molecule is CC(C)n1ncnc1CC(N)CCc1ccccn1. The molecular weight excluding hydrogens is 238 g/mol. The third-order valence-electron chi connectivity index (χ3n) is 3.08. The Bertz CT molecular complexity index is 492. The van der Waals surface area contributed by atoms with Crippen molar-refractivity contribution in [3.63, 3.8) is 0 Å². The van der Waals surface area contributed by atoms with Gasteiger partial charge in [0, 0.05) is 30.4 Å². The minimum absolute atomic E-state index is 0.0868. The Labute approximate surface area is 113 Å². The van der Waals surface area contributed by atoms with Gasteiger partial charge in [-0.15, -0.1) is 0 Å². The molecular formula is C14H21N5. The van der Waals surface area contributed by atoms with E-state index in [0.29, 0.717) is 6.04 Å². The second-order valence-corrected chi connectivity index (χ2v) is 5.04. The Morgan fingerprint density at radius 2 is 2.11 bits per heavy atom. The first-order valence-corrected chi connectivity index (χ1v) is 6.70. The largest absolute Gasteiger partial charge is 0.327 e. The minimum atomic E-state index is 0.0868. The fraction of sp³-hybridized carbons (Fsp3) is 0.500. The van der Waals surface area contributed by atoms with E-state index in [4.69, 9.17) is 5.73 Å². The third kappa shape index (κ3) is 3.86. The molecule has 0 radical (unpaired) electrons. The van der Waals surface area contributed by atoms with Gasteiger partial charge in [0.1, 0.15) is 12.2 Å². The Morgan fingerprint density at radius 1 is 1.26 bits per heavy atom. The van der Waals surface area contributed by atoms with E-state index >= 15 is 0 Å². The maximum atomic E-state index is 6.17. The lowest BCUT2D eigenvalue weighted by atomic mass is 10.1. The number of aromatic nitrogens is 4. The second-order valence-electron chi connectivity index (χ2n) is 5.04. The molecule has 2 rings (SSSR count). The van der Waals surface area contributed by atoms with Crippen LogP contribution in [-0.4, -0.2) is 25.8 Å². The zero-order chi connectivity index (χ0) is 13.7. The normalized spacial score (nSPS) is 12.8. The molecule has 0 aromatic carbocycles. The van der Waals surface area contributed by atoms with E-state index in [1.165, 1.54) is 0 Å². The van der Waals surface area contributed by atoms with Crippen LogP contribution in [0.2, 0.25) is 0 Å². The molecule has 5 heteroatoms. The number of rotatable bonds is 6. The number of aryl methyl sites for hydroxylation is 1. The summed E-state index contributed by atoms with van der Waals surface area (Å²) < 4.78 is 1.93. The van der Waals surface area contributed by atoms with Gasteiger partial charge in [-0.3, -0.25) is 4.98 Å². The van der Waals surface area contributed by atoms with E-state index < -0.39 is 0 Å². The van der Waals surface area contributed by atoms with Gasteiger partial charge in [-0.2, -0.15) is 5.10 Å². The van der Waals surface area contributed by atoms with Gasteiger partial charge in [0.15, 0.2) is 0 Å². The van der Waals surface area contributed by atoms with Crippen molar-refractivity contribution in [2.75, 3.05) is 0 Å². The molecule has 5 nitrogen and oxygen atoms in total. The van der Waals surface area contributed by atoms with Crippen molar-refractivity contribution < 1.29 is 0 Å². The van der Waals surface area contributed by atoms with Gasteiger partial charge in [-0.05, 0) is 38.8 Å². The maximum Gasteiger partial charge on any atom is 0.138 e. The summed E-state index contributed by atoms with van der Waals surface area (Å²) >= 11 is 0. The lowest BCUT2D eigenvalue weighted by Crippen LogP contribution is -2.26. The molecule has 102 valence electrons. The first-order valence-electron chi connectivity index (χ1n) is 6.70. The molecule has 2 N–H and O–H groups in total. The van der Waals surface area contributed by atoms with Crippen molar-refractivity contribution in [1.82, 2.24) is 19.7 Å². The van der Waals surface area contributed by atoms with E-state index in [1.54, 1.807) is 6.33 Å². The highest BCUT2D eigenvalue weighted by molar-refractivity contribution is 5.04. The predicted octanol–water partition coefficient (Wildman–Crippen LogP) is 1.76. The van der Waals surface area contributed by atoms with Gasteiger partial charge in [0.05, 0.1) is 0 Å². The first-order chi connectivity index (χ1) is 9.16. The van der Waals surface area contributed by atoms with E-state index in [0.717, 1.165) is 30.8 Å². The Kier molecular flexibility index (Phi) is 4.63. The molecule has 0 spiro atoms. The van der Waals surface area contributed by atoms with Crippen LogP contribution in [-0.2, 0) is 12.8 Å². The van der Waals surface area contributed by atoms with Crippen LogP contribution in [0, 0.1) is 0 Å². The van der Waals surface area contributed by atoms with Gasteiger partial charge in [-0.25, -0.2) is 9.67 Å². The Hall–Kier alpha value is -1.75. The average Bonchev–Trinajstić information content (AvgIpc) is 2.86. The van der Waals surface area contributed by atoms with Crippen molar-refractivity contribution in [1.29, 1.82) is 0 Å². The fourth-order valence-corrected chi connectivity index (χ4v) is 2.07. The second kappa shape index (κ2) is 6.43. The van der Waals surface area contributed by atoms with Crippen molar-refractivity contribution in [2.45, 2.75) is 45.2 Å². The highest BCUT2D eigenvalue weighted by atomic mass is 15.3. The van der Waals surface area contributed by atoms with Crippen LogP contribution in [0.4, 0.5) is 0 Å². The highest BCUT2D eigenvalue weighted by Gasteiger charge is 2.12. The lowest BCUT2D eigenvalue weighted by molar-refractivity contribution is 0.483. The fourth-order valence-electron chi connectivity index (χ4n) is 2.07. The van der Waals surface area contributed by atoms with Gasteiger partial charge < -0.3 is 5.73 Å². The van der Waals surface area contributed by atoms with Crippen LogP contribution in [0.3, 0.4) is 0 Å². The van der Waals surface area contributed by atoms with E-state index in [-0.39, 0.29) is 6.04 Å². The Morgan fingerprint density at radius 3 is 2.79 bits per heavy atom. The molecule has 1 unspecified atom stereocenters. The summed E-state index contributed by atoms with van der Waals surface area (Å²) in [6, 6.07) is 6.37.